The van der Waals surface area contributed by atoms with Crippen LogP contribution in [0.5, 0.6) is 0 Å². The Morgan fingerprint density at radius 1 is 1.44 bits per heavy atom. The zero-order valence-corrected chi connectivity index (χ0v) is 10.6. The lowest BCUT2D eigenvalue weighted by Gasteiger charge is -2.15. The minimum atomic E-state index is -0.171. The van der Waals surface area contributed by atoms with Crippen molar-refractivity contribution in [1.82, 2.24) is 10.3 Å². The highest BCUT2D eigenvalue weighted by atomic mass is 35.5. The van der Waals surface area contributed by atoms with Crippen LogP contribution in [-0.2, 0) is 0 Å². The van der Waals surface area contributed by atoms with Crippen molar-refractivity contribution in [2.45, 2.75) is 33.2 Å². The first-order valence-electron chi connectivity index (χ1n) is 5.42. The average Bonchev–Trinajstić information content (AvgIpc) is 2.16. The zero-order chi connectivity index (χ0) is 12.1. The van der Waals surface area contributed by atoms with E-state index in [1.165, 1.54) is 0 Å². The van der Waals surface area contributed by atoms with E-state index in [2.05, 4.69) is 24.1 Å². The highest BCUT2D eigenvalue weighted by Gasteiger charge is 2.12. The van der Waals surface area contributed by atoms with Crippen LogP contribution < -0.4 is 5.32 Å². The molecule has 1 aromatic rings. The van der Waals surface area contributed by atoms with E-state index < -0.39 is 0 Å². The number of hydrogen-bond donors (Lipinski definition) is 1. The highest BCUT2D eigenvalue weighted by molar-refractivity contribution is 6.29. The molecule has 0 aliphatic rings. The second kappa shape index (κ2) is 5.85. The molecular weight excluding hydrogens is 224 g/mol. The molecular formula is C12H17ClN2O. The summed E-state index contributed by atoms with van der Waals surface area (Å²) in [5, 5.41) is 3.23. The first-order valence-corrected chi connectivity index (χ1v) is 5.80. The summed E-state index contributed by atoms with van der Waals surface area (Å²) in [5.41, 5.74) is 0.364. The summed E-state index contributed by atoms with van der Waals surface area (Å²) in [5.74, 6) is 0.387. The molecule has 0 aliphatic heterocycles. The quantitative estimate of drug-likeness (QED) is 0.823. The molecule has 0 radical (unpaired) electrons. The summed E-state index contributed by atoms with van der Waals surface area (Å²) in [6.07, 6.45) is 0.951. The first kappa shape index (κ1) is 13.0. The van der Waals surface area contributed by atoms with Crippen molar-refractivity contribution in [2.75, 3.05) is 0 Å². The van der Waals surface area contributed by atoms with Gasteiger partial charge >= 0.3 is 0 Å². The van der Waals surface area contributed by atoms with Crippen molar-refractivity contribution < 1.29 is 4.79 Å². The Hall–Kier alpha value is -1.09. The van der Waals surface area contributed by atoms with Crippen LogP contribution in [0.25, 0.3) is 0 Å². The van der Waals surface area contributed by atoms with Crippen molar-refractivity contribution in [3.8, 4) is 0 Å². The largest absolute Gasteiger partial charge is 0.348 e. The monoisotopic (exact) mass is 240 g/mol. The molecule has 1 heterocycles. The normalized spacial score (nSPS) is 12.6. The van der Waals surface area contributed by atoms with Gasteiger partial charge in [0.15, 0.2) is 0 Å². The van der Waals surface area contributed by atoms with E-state index in [0.29, 0.717) is 16.8 Å². The Balaban J connectivity index is 2.59. The van der Waals surface area contributed by atoms with Gasteiger partial charge in [0.25, 0.3) is 5.91 Å². The Morgan fingerprint density at radius 2 is 2.12 bits per heavy atom. The third kappa shape index (κ3) is 4.19. The minimum Gasteiger partial charge on any atom is -0.348 e. The summed E-state index contributed by atoms with van der Waals surface area (Å²) in [7, 11) is 0. The van der Waals surface area contributed by atoms with Gasteiger partial charge in [-0.15, -0.1) is 0 Å². The van der Waals surface area contributed by atoms with Gasteiger partial charge in [0.1, 0.15) is 10.8 Å². The summed E-state index contributed by atoms with van der Waals surface area (Å²) >= 11 is 5.72. The summed E-state index contributed by atoms with van der Waals surface area (Å²) in [6, 6.07) is 5.17. The van der Waals surface area contributed by atoms with E-state index >= 15 is 0 Å². The van der Waals surface area contributed by atoms with Crippen LogP contribution in [0.3, 0.4) is 0 Å². The van der Waals surface area contributed by atoms with Crippen LogP contribution in [0.4, 0.5) is 0 Å². The molecule has 0 aromatic carbocycles. The van der Waals surface area contributed by atoms with Crippen molar-refractivity contribution in [3.63, 3.8) is 0 Å². The number of pyridine rings is 1. The first-order chi connectivity index (χ1) is 7.49. The highest BCUT2D eigenvalue weighted by Crippen LogP contribution is 2.07. The zero-order valence-electron chi connectivity index (χ0n) is 9.83. The number of hydrogen-bond acceptors (Lipinski definition) is 2. The van der Waals surface area contributed by atoms with E-state index in [1.807, 2.05) is 6.92 Å². The molecule has 0 aliphatic carbocycles. The van der Waals surface area contributed by atoms with Crippen LogP contribution in [-0.4, -0.2) is 16.9 Å². The van der Waals surface area contributed by atoms with Crippen LogP contribution in [0.1, 0.15) is 37.7 Å². The maximum atomic E-state index is 11.8. The van der Waals surface area contributed by atoms with Gasteiger partial charge in [-0.25, -0.2) is 4.98 Å². The van der Waals surface area contributed by atoms with E-state index in [4.69, 9.17) is 11.6 Å². The maximum Gasteiger partial charge on any atom is 0.270 e. The molecule has 0 spiro atoms. The van der Waals surface area contributed by atoms with Crippen molar-refractivity contribution in [1.29, 1.82) is 0 Å². The van der Waals surface area contributed by atoms with E-state index in [-0.39, 0.29) is 11.9 Å². The number of rotatable bonds is 4. The number of nitrogens with zero attached hydrogens (tertiary/aromatic N) is 1. The standard InChI is InChI=1S/C12H17ClN2O/c1-8(2)7-9(3)14-12(16)10-5-4-6-11(13)15-10/h4-6,8-9H,7H2,1-3H3,(H,14,16). The molecule has 16 heavy (non-hydrogen) atoms. The fourth-order valence-corrected chi connectivity index (χ4v) is 1.76. The van der Waals surface area contributed by atoms with E-state index in [0.717, 1.165) is 6.42 Å². The number of aromatic nitrogens is 1. The predicted octanol–water partition coefficient (Wildman–Crippen LogP) is 2.90. The van der Waals surface area contributed by atoms with Crippen LogP contribution >= 0.6 is 11.6 Å². The van der Waals surface area contributed by atoms with Gasteiger partial charge in [-0.2, -0.15) is 0 Å². The third-order valence-corrected chi connectivity index (χ3v) is 2.36. The SMILES string of the molecule is CC(C)CC(C)NC(=O)c1cccc(Cl)n1. The summed E-state index contributed by atoms with van der Waals surface area (Å²) in [6.45, 7) is 6.24. The Labute approximate surface area is 101 Å². The number of halogens is 1. The van der Waals surface area contributed by atoms with Crippen molar-refractivity contribution in [3.05, 3.63) is 29.0 Å². The smallest absolute Gasteiger partial charge is 0.270 e. The van der Waals surface area contributed by atoms with Gasteiger partial charge in [-0.1, -0.05) is 31.5 Å². The molecule has 1 rings (SSSR count). The Kier molecular flexibility index (Phi) is 4.74. The van der Waals surface area contributed by atoms with Gasteiger partial charge in [0, 0.05) is 6.04 Å². The van der Waals surface area contributed by atoms with Crippen LogP contribution in [0.15, 0.2) is 18.2 Å². The lowest BCUT2D eigenvalue weighted by molar-refractivity contribution is 0.0931. The van der Waals surface area contributed by atoms with Crippen molar-refractivity contribution in [2.24, 2.45) is 5.92 Å². The third-order valence-electron chi connectivity index (χ3n) is 2.15. The Morgan fingerprint density at radius 3 is 2.69 bits per heavy atom. The second-order valence-electron chi connectivity index (χ2n) is 4.35. The fraction of sp³-hybridized carbons (Fsp3) is 0.500. The minimum absolute atomic E-state index is 0.147. The van der Waals surface area contributed by atoms with Crippen LogP contribution in [0.2, 0.25) is 5.15 Å². The van der Waals surface area contributed by atoms with E-state index in [1.54, 1.807) is 18.2 Å². The molecule has 4 heteroatoms. The van der Waals surface area contributed by atoms with Gasteiger partial charge in [-0.05, 0) is 31.4 Å². The lowest BCUT2D eigenvalue weighted by Crippen LogP contribution is -2.33. The molecule has 1 aromatic heterocycles. The number of amides is 1. The maximum absolute atomic E-state index is 11.8. The molecule has 0 saturated heterocycles. The fourth-order valence-electron chi connectivity index (χ4n) is 1.60. The molecule has 0 saturated carbocycles. The molecule has 1 unspecified atom stereocenters. The molecule has 1 N–H and O–H groups in total. The Bertz CT molecular complexity index is 366. The van der Waals surface area contributed by atoms with Crippen molar-refractivity contribution >= 4 is 17.5 Å². The molecule has 1 amide bonds. The predicted molar refractivity (Wildman–Crippen MR) is 65.6 cm³/mol. The summed E-state index contributed by atoms with van der Waals surface area (Å²) < 4.78 is 0. The molecule has 3 nitrogen and oxygen atoms in total. The number of carbonyl (C=O) groups excluding carboxylic acids is 1. The van der Waals surface area contributed by atoms with Gasteiger partial charge in [0.05, 0.1) is 0 Å². The number of carbonyl (C=O) groups is 1. The van der Waals surface area contributed by atoms with Gasteiger partial charge < -0.3 is 5.32 Å². The molecule has 1 atom stereocenters. The molecule has 0 fully saturated rings. The summed E-state index contributed by atoms with van der Waals surface area (Å²) in [4.78, 5) is 15.7. The number of nitrogens with one attached hydrogen (secondary N) is 1. The topological polar surface area (TPSA) is 42.0 Å². The lowest BCUT2D eigenvalue weighted by atomic mass is 10.1. The van der Waals surface area contributed by atoms with Crippen LogP contribution in [0, 0.1) is 5.92 Å². The van der Waals surface area contributed by atoms with Gasteiger partial charge in [0.2, 0.25) is 0 Å². The molecule has 88 valence electrons. The second-order valence-corrected chi connectivity index (χ2v) is 4.74. The van der Waals surface area contributed by atoms with E-state index in [9.17, 15) is 4.79 Å². The molecule has 0 bridgehead atoms. The average molecular weight is 241 g/mol. The van der Waals surface area contributed by atoms with Gasteiger partial charge in [-0.3, -0.25) is 4.79 Å².